The van der Waals surface area contributed by atoms with E-state index in [1.807, 2.05) is 23.5 Å². The summed E-state index contributed by atoms with van der Waals surface area (Å²) in [5.74, 6) is 0. The lowest BCUT2D eigenvalue weighted by atomic mass is 9.65. The fraction of sp³-hybridized carbons (Fsp3) is 0.0909. The average molecular weight is 793 g/mol. The highest BCUT2D eigenvalue weighted by Gasteiger charge is 2.50. The van der Waals surface area contributed by atoms with Crippen LogP contribution in [0.4, 0.5) is 34.1 Å². The van der Waals surface area contributed by atoms with Gasteiger partial charge in [0.25, 0.3) is 0 Å². The summed E-state index contributed by atoms with van der Waals surface area (Å²) >= 11 is 3.71. The molecule has 0 radical (unpaired) electrons. The highest BCUT2D eigenvalue weighted by Crippen LogP contribution is 2.62. The van der Waals surface area contributed by atoms with Gasteiger partial charge in [0.15, 0.2) is 0 Å². The smallest absolute Gasteiger partial charge is 0.0726 e. The molecule has 2 heterocycles. The van der Waals surface area contributed by atoms with Gasteiger partial charge >= 0.3 is 0 Å². The number of rotatable bonds is 2. The second-order valence-corrected chi connectivity index (χ2v) is 18.4. The molecule has 0 saturated heterocycles. The van der Waals surface area contributed by atoms with Gasteiger partial charge in [0, 0.05) is 31.0 Å². The number of aryl methyl sites for hydroxylation is 2. The minimum Gasteiger partial charge on any atom is -0.308 e. The van der Waals surface area contributed by atoms with E-state index in [1.54, 1.807) is 0 Å². The molecule has 0 atom stereocenters. The van der Waals surface area contributed by atoms with Crippen LogP contribution in [-0.4, -0.2) is 0 Å². The molecule has 2 aliphatic carbocycles. The van der Waals surface area contributed by atoms with Gasteiger partial charge in [-0.05, 0) is 167 Å². The van der Waals surface area contributed by atoms with E-state index in [1.165, 1.54) is 109 Å². The van der Waals surface area contributed by atoms with Crippen molar-refractivity contribution >= 4 is 69.8 Å². The van der Waals surface area contributed by atoms with E-state index in [2.05, 4.69) is 207 Å². The topological polar surface area (TPSA) is 6.48 Å². The molecule has 0 aromatic heterocycles. The van der Waals surface area contributed by atoms with Crippen molar-refractivity contribution in [1.29, 1.82) is 0 Å². The first kappa shape index (κ1) is 34.8. The minimum atomic E-state index is -0.616. The number of para-hydroxylation sites is 4. The molecule has 8 aromatic rings. The van der Waals surface area contributed by atoms with Crippen LogP contribution in [0.15, 0.2) is 177 Å². The van der Waals surface area contributed by atoms with Crippen LogP contribution in [0.3, 0.4) is 0 Å². The molecule has 12 rings (SSSR count). The molecule has 8 aromatic carbocycles. The monoisotopic (exact) mass is 792 g/mol. The van der Waals surface area contributed by atoms with Crippen molar-refractivity contribution in [1.82, 2.24) is 0 Å². The molecule has 0 unspecified atom stereocenters. The fourth-order valence-corrected chi connectivity index (χ4v) is 12.3. The lowest BCUT2D eigenvalue weighted by molar-refractivity contribution is 0.764. The van der Waals surface area contributed by atoms with Crippen LogP contribution in [0.25, 0.3) is 23.3 Å². The molecule has 0 saturated carbocycles. The maximum Gasteiger partial charge on any atom is 0.0726 e. The molecule has 2 nitrogen and oxygen atoms in total. The van der Waals surface area contributed by atoms with Crippen LogP contribution in [0.1, 0.15) is 55.6 Å². The fourth-order valence-electron chi connectivity index (χ4n) is 10.2. The number of nitrogens with zero attached hydrogens (tertiary/aromatic N) is 2. The largest absolute Gasteiger partial charge is 0.308 e. The van der Waals surface area contributed by atoms with E-state index in [0.29, 0.717) is 0 Å². The maximum atomic E-state index is 2.52. The molecule has 4 heteroatoms. The van der Waals surface area contributed by atoms with Crippen molar-refractivity contribution in [2.45, 2.75) is 52.7 Å². The van der Waals surface area contributed by atoms with Gasteiger partial charge in [0.1, 0.15) is 0 Å². The number of fused-ring (bicyclic) bond motifs is 13. The van der Waals surface area contributed by atoms with E-state index in [0.717, 1.165) is 11.4 Å². The van der Waals surface area contributed by atoms with Gasteiger partial charge in [-0.3, -0.25) is 0 Å². The van der Waals surface area contributed by atoms with Crippen molar-refractivity contribution in [3.05, 3.63) is 213 Å². The maximum absolute atomic E-state index is 2.52. The zero-order valence-corrected chi connectivity index (χ0v) is 35.0. The Balaban J connectivity index is 1.20. The number of hydrogen-bond acceptors (Lipinski definition) is 4. The molecular formula is C55H40N2S2. The third kappa shape index (κ3) is 4.85. The Hall–Kier alpha value is -6.20. The first-order valence-electron chi connectivity index (χ1n) is 20.4. The molecule has 0 amide bonds. The third-order valence-corrected chi connectivity index (χ3v) is 15.5. The molecule has 0 N–H and O–H groups in total. The zero-order chi connectivity index (χ0) is 39.6. The van der Waals surface area contributed by atoms with E-state index in [4.69, 9.17) is 0 Å². The molecule has 1 spiro atoms. The highest BCUT2D eigenvalue weighted by atomic mass is 32.2. The first-order valence-corrected chi connectivity index (χ1v) is 22.1. The Bertz CT molecular complexity index is 2840. The van der Waals surface area contributed by atoms with Gasteiger partial charge in [-0.15, -0.1) is 0 Å². The molecule has 59 heavy (non-hydrogen) atoms. The summed E-state index contributed by atoms with van der Waals surface area (Å²) in [6.45, 7) is 9.21. The normalized spacial score (nSPS) is 14.6. The summed E-state index contributed by atoms with van der Waals surface area (Å²) in [7, 11) is 0. The number of anilines is 6. The van der Waals surface area contributed by atoms with Gasteiger partial charge in [0.2, 0.25) is 0 Å². The average Bonchev–Trinajstić information content (AvgIpc) is 3.50. The predicted molar refractivity (Wildman–Crippen MR) is 249 cm³/mol. The van der Waals surface area contributed by atoms with Crippen molar-refractivity contribution in [3.8, 4) is 11.1 Å². The molecule has 4 aliphatic rings. The summed E-state index contributed by atoms with van der Waals surface area (Å²) in [4.78, 5) is 10.0. The Kier molecular flexibility index (Phi) is 7.61. The molecule has 2 aliphatic heterocycles. The number of hydrogen-bond donors (Lipinski definition) is 0. The van der Waals surface area contributed by atoms with Gasteiger partial charge in [-0.25, -0.2) is 0 Å². The quantitative estimate of drug-likeness (QED) is 0.172. The summed E-state index contributed by atoms with van der Waals surface area (Å²) in [6.07, 6.45) is 4.73. The second-order valence-electron chi connectivity index (χ2n) is 16.2. The van der Waals surface area contributed by atoms with Crippen molar-refractivity contribution in [2.75, 3.05) is 9.80 Å². The predicted octanol–water partition coefficient (Wildman–Crippen LogP) is 15.6. The lowest BCUT2D eigenvalue weighted by Crippen LogP contribution is -2.31. The van der Waals surface area contributed by atoms with Gasteiger partial charge in [-0.2, -0.15) is 0 Å². The van der Waals surface area contributed by atoms with Crippen LogP contribution < -0.4 is 9.80 Å². The van der Waals surface area contributed by atoms with Gasteiger partial charge in [0.05, 0.1) is 28.2 Å². The van der Waals surface area contributed by atoms with Crippen molar-refractivity contribution < 1.29 is 0 Å². The summed E-state index contributed by atoms with van der Waals surface area (Å²) in [5, 5.41) is 0. The Labute approximate surface area is 354 Å². The summed E-state index contributed by atoms with van der Waals surface area (Å²) in [6, 6.07) is 59.5. The van der Waals surface area contributed by atoms with Crippen LogP contribution in [0, 0.1) is 27.7 Å². The van der Waals surface area contributed by atoms with Crippen LogP contribution >= 0.6 is 23.5 Å². The van der Waals surface area contributed by atoms with Gasteiger partial charge < -0.3 is 9.80 Å². The van der Waals surface area contributed by atoms with Crippen LogP contribution in [-0.2, 0) is 5.41 Å². The minimum absolute atomic E-state index is 0.616. The van der Waals surface area contributed by atoms with Gasteiger partial charge in [-0.1, -0.05) is 121 Å². The summed E-state index contributed by atoms with van der Waals surface area (Å²) in [5.41, 5.74) is 22.5. The van der Waals surface area contributed by atoms with E-state index in [9.17, 15) is 0 Å². The van der Waals surface area contributed by atoms with E-state index >= 15 is 0 Å². The Morgan fingerprint density at radius 1 is 0.373 bits per heavy atom. The van der Waals surface area contributed by atoms with Crippen LogP contribution in [0.2, 0.25) is 0 Å². The molecule has 0 fully saturated rings. The highest BCUT2D eigenvalue weighted by molar-refractivity contribution is 8.00. The SMILES string of the molecule is Cc1ccc2c(c1C)-c1c(ccc(C)c1C)C21c2cc(N3c4ccccc4Sc4ccccc43)ccc2C=Cc2ccc(N3c4ccccc4Sc4ccccc43)cc21. The van der Waals surface area contributed by atoms with Crippen molar-refractivity contribution in [2.24, 2.45) is 0 Å². The molecule has 282 valence electrons. The summed E-state index contributed by atoms with van der Waals surface area (Å²) < 4.78 is 0. The van der Waals surface area contributed by atoms with E-state index in [-0.39, 0.29) is 0 Å². The Morgan fingerprint density at radius 3 is 1.10 bits per heavy atom. The standard InChI is InChI=1S/C55H40N2S2/c1-33-21-29-41-53(35(33)3)54-36(4)34(2)22-30-42(54)55(41)43-31-39(56-45-13-5-9-17-49(45)58-50-18-10-6-14-46(50)56)27-25-37(43)23-24-38-26-28-40(32-44(38)55)57-47-15-7-11-19-51(47)59-52-20-12-8-16-48(52)57/h5-32H,1-4H3. The second kappa shape index (κ2) is 12.9. The zero-order valence-electron chi connectivity index (χ0n) is 33.4. The first-order chi connectivity index (χ1) is 28.9. The van der Waals surface area contributed by atoms with Crippen LogP contribution in [0.5, 0.6) is 0 Å². The Morgan fingerprint density at radius 2 is 0.729 bits per heavy atom. The van der Waals surface area contributed by atoms with Crippen molar-refractivity contribution in [3.63, 3.8) is 0 Å². The lowest BCUT2D eigenvalue weighted by Gasteiger charge is -2.39. The third-order valence-electron chi connectivity index (χ3n) is 13.2. The molecule has 0 bridgehead atoms. The van der Waals surface area contributed by atoms with E-state index < -0.39 is 5.41 Å². The number of benzene rings is 8. The molecular weight excluding hydrogens is 753 g/mol.